The first kappa shape index (κ1) is 9.52. The zero-order valence-electron chi connectivity index (χ0n) is 7.92. The first-order chi connectivity index (χ1) is 5.65. The maximum atomic E-state index is 11.3. The molecule has 70 valence electrons. The molecule has 1 aliphatic heterocycles. The summed E-state index contributed by atoms with van der Waals surface area (Å²) >= 11 is 0. The van der Waals surface area contributed by atoms with Gasteiger partial charge in [-0.3, -0.25) is 0 Å². The number of esters is 1. The third-order valence-corrected chi connectivity index (χ3v) is 2.16. The molecule has 0 saturated carbocycles. The number of ether oxygens (including phenoxy) is 2. The first-order valence-corrected chi connectivity index (χ1v) is 4.50. The fraction of sp³-hybridized carbons (Fsp3) is 0.889. The molecule has 0 amide bonds. The molecule has 1 fully saturated rings. The Kier molecular flexibility index (Phi) is 2.73. The molecule has 1 rings (SSSR count). The highest BCUT2D eigenvalue weighted by Gasteiger charge is 2.58. The molecule has 0 aromatic heterocycles. The molecule has 0 radical (unpaired) electrons. The van der Waals surface area contributed by atoms with Crippen LogP contribution in [0.4, 0.5) is 0 Å². The summed E-state index contributed by atoms with van der Waals surface area (Å²) in [5.74, 6) is -0.212. The molecule has 1 saturated heterocycles. The van der Waals surface area contributed by atoms with Crippen LogP contribution in [-0.2, 0) is 14.3 Å². The number of carbonyl (C=O) groups excluding carboxylic acids is 1. The molecule has 0 aromatic rings. The van der Waals surface area contributed by atoms with E-state index >= 15 is 0 Å². The van der Waals surface area contributed by atoms with Crippen LogP contribution in [0.1, 0.15) is 33.6 Å². The van der Waals surface area contributed by atoms with E-state index < -0.39 is 5.60 Å². The lowest BCUT2D eigenvalue weighted by Crippen LogP contribution is -2.26. The SMILES string of the molecule is CCCOC(=O)C1(C)OC1CC. The Labute approximate surface area is 73.0 Å². The summed E-state index contributed by atoms with van der Waals surface area (Å²) in [6, 6.07) is 0. The van der Waals surface area contributed by atoms with Crippen molar-refractivity contribution >= 4 is 5.97 Å². The minimum atomic E-state index is -0.635. The van der Waals surface area contributed by atoms with Gasteiger partial charge in [0.1, 0.15) is 0 Å². The Bertz CT molecular complexity index is 179. The largest absolute Gasteiger partial charge is 0.463 e. The standard InChI is InChI=1S/C9H16O3/c1-4-6-11-8(10)9(3)7(5-2)12-9/h7H,4-6H2,1-3H3. The monoisotopic (exact) mass is 172 g/mol. The fourth-order valence-corrected chi connectivity index (χ4v) is 1.25. The van der Waals surface area contributed by atoms with Gasteiger partial charge in [0.25, 0.3) is 0 Å². The van der Waals surface area contributed by atoms with E-state index in [1.165, 1.54) is 0 Å². The van der Waals surface area contributed by atoms with Gasteiger partial charge in [0.15, 0.2) is 5.60 Å². The summed E-state index contributed by atoms with van der Waals surface area (Å²) in [6.45, 7) is 6.26. The van der Waals surface area contributed by atoms with Crippen molar-refractivity contribution in [2.45, 2.75) is 45.3 Å². The summed E-state index contributed by atoms with van der Waals surface area (Å²) in [5.41, 5.74) is -0.635. The lowest BCUT2D eigenvalue weighted by atomic mass is 10.1. The van der Waals surface area contributed by atoms with Crippen LogP contribution in [-0.4, -0.2) is 24.3 Å². The second-order valence-electron chi connectivity index (χ2n) is 3.26. The Morgan fingerprint density at radius 2 is 2.25 bits per heavy atom. The van der Waals surface area contributed by atoms with Gasteiger partial charge in [-0.15, -0.1) is 0 Å². The van der Waals surface area contributed by atoms with E-state index in [9.17, 15) is 4.79 Å². The average Bonchev–Trinajstić information content (AvgIpc) is 2.74. The topological polar surface area (TPSA) is 38.8 Å². The minimum absolute atomic E-state index is 0.0712. The molecule has 0 bridgehead atoms. The van der Waals surface area contributed by atoms with Crippen molar-refractivity contribution in [2.75, 3.05) is 6.61 Å². The second-order valence-corrected chi connectivity index (χ2v) is 3.26. The third-order valence-electron chi connectivity index (χ3n) is 2.16. The summed E-state index contributed by atoms with van der Waals surface area (Å²) in [4.78, 5) is 11.3. The highest BCUT2D eigenvalue weighted by Crippen LogP contribution is 2.39. The summed E-state index contributed by atoms with van der Waals surface area (Å²) in [7, 11) is 0. The van der Waals surface area contributed by atoms with Crippen LogP contribution >= 0.6 is 0 Å². The van der Waals surface area contributed by atoms with Crippen LogP contribution in [0, 0.1) is 0 Å². The van der Waals surface area contributed by atoms with Crippen molar-refractivity contribution in [3.8, 4) is 0 Å². The molecule has 0 aromatic carbocycles. The smallest absolute Gasteiger partial charge is 0.340 e. The van der Waals surface area contributed by atoms with Crippen molar-refractivity contribution in [1.29, 1.82) is 0 Å². The lowest BCUT2D eigenvalue weighted by molar-refractivity contribution is -0.149. The summed E-state index contributed by atoms with van der Waals surface area (Å²) in [6.07, 6.45) is 1.80. The summed E-state index contributed by atoms with van der Waals surface area (Å²) in [5, 5.41) is 0. The van der Waals surface area contributed by atoms with E-state index in [0.29, 0.717) is 6.61 Å². The van der Waals surface area contributed by atoms with Crippen LogP contribution in [0.3, 0.4) is 0 Å². The molecule has 12 heavy (non-hydrogen) atoms. The van der Waals surface area contributed by atoms with E-state index in [2.05, 4.69) is 0 Å². The van der Waals surface area contributed by atoms with Crippen LogP contribution < -0.4 is 0 Å². The predicted molar refractivity (Wildman–Crippen MR) is 44.8 cm³/mol. The van der Waals surface area contributed by atoms with Crippen molar-refractivity contribution in [3.05, 3.63) is 0 Å². The molecular weight excluding hydrogens is 156 g/mol. The maximum Gasteiger partial charge on any atom is 0.340 e. The first-order valence-electron chi connectivity index (χ1n) is 4.50. The highest BCUT2D eigenvalue weighted by molar-refractivity contribution is 5.82. The van der Waals surface area contributed by atoms with Gasteiger partial charge >= 0.3 is 5.97 Å². The number of hydrogen-bond acceptors (Lipinski definition) is 3. The Morgan fingerprint density at radius 1 is 1.58 bits per heavy atom. The quantitative estimate of drug-likeness (QED) is 0.476. The van der Waals surface area contributed by atoms with Crippen LogP contribution in [0.15, 0.2) is 0 Å². The number of carbonyl (C=O) groups is 1. The predicted octanol–water partition coefficient (Wildman–Crippen LogP) is 1.51. The van der Waals surface area contributed by atoms with E-state index in [4.69, 9.17) is 9.47 Å². The Morgan fingerprint density at radius 3 is 2.67 bits per heavy atom. The van der Waals surface area contributed by atoms with Gasteiger partial charge in [-0.05, 0) is 19.8 Å². The van der Waals surface area contributed by atoms with Crippen molar-refractivity contribution < 1.29 is 14.3 Å². The molecule has 2 unspecified atom stereocenters. The lowest BCUT2D eigenvalue weighted by Gasteiger charge is -2.05. The second kappa shape index (κ2) is 3.44. The normalized spacial score (nSPS) is 33.1. The minimum Gasteiger partial charge on any atom is -0.463 e. The molecule has 0 spiro atoms. The van der Waals surface area contributed by atoms with E-state index in [0.717, 1.165) is 12.8 Å². The van der Waals surface area contributed by atoms with Gasteiger partial charge in [-0.25, -0.2) is 4.79 Å². The third kappa shape index (κ3) is 1.61. The van der Waals surface area contributed by atoms with E-state index in [-0.39, 0.29) is 12.1 Å². The zero-order chi connectivity index (χ0) is 9.19. The van der Waals surface area contributed by atoms with Gasteiger partial charge < -0.3 is 9.47 Å². The van der Waals surface area contributed by atoms with Crippen LogP contribution in [0.25, 0.3) is 0 Å². The molecule has 1 aliphatic rings. The maximum absolute atomic E-state index is 11.3. The molecule has 0 N–H and O–H groups in total. The van der Waals surface area contributed by atoms with Gasteiger partial charge in [0.2, 0.25) is 0 Å². The van der Waals surface area contributed by atoms with Gasteiger partial charge in [0, 0.05) is 0 Å². The Hall–Kier alpha value is -0.570. The molecule has 0 aliphatic carbocycles. The van der Waals surface area contributed by atoms with Gasteiger partial charge in [-0.2, -0.15) is 0 Å². The zero-order valence-corrected chi connectivity index (χ0v) is 7.92. The fourth-order valence-electron chi connectivity index (χ4n) is 1.25. The summed E-state index contributed by atoms with van der Waals surface area (Å²) < 4.78 is 10.2. The van der Waals surface area contributed by atoms with Gasteiger partial charge in [-0.1, -0.05) is 13.8 Å². The van der Waals surface area contributed by atoms with Crippen LogP contribution in [0.2, 0.25) is 0 Å². The molecule has 1 heterocycles. The molecule has 2 atom stereocenters. The van der Waals surface area contributed by atoms with Crippen molar-refractivity contribution in [2.24, 2.45) is 0 Å². The molecular formula is C9H16O3. The van der Waals surface area contributed by atoms with Crippen LogP contribution in [0.5, 0.6) is 0 Å². The average molecular weight is 172 g/mol. The van der Waals surface area contributed by atoms with Gasteiger partial charge in [0.05, 0.1) is 12.7 Å². The Balaban J connectivity index is 2.34. The van der Waals surface area contributed by atoms with Crippen molar-refractivity contribution in [3.63, 3.8) is 0 Å². The number of epoxide rings is 1. The number of rotatable bonds is 4. The molecule has 3 nitrogen and oxygen atoms in total. The van der Waals surface area contributed by atoms with E-state index in [1.54, 1.807) is 6.92 Å². The van der Waals surface area contributed by atoms with E-state index in [1.807, 2.05) is 13.8 Å². The highest BCUT2D eigenvalue weighted by atomic mass is 16.7. The van der Waals surface area contributed by atoms with Crippen molar-refractivity contribution in [1.82, 2.24) is 0 Å². The number of hydrogen-bond donors (Lipinski definition) is 0. The molecule has 3 heteroatoms.